The van der Waals surface area contributed by atoms with Crippen molar-refractivity contribution in [1.29, 1.82) is 0 Å². The van der Waals surface area contributed by atoms with E-state index in [9.17, 15) is 15.2 Å². The molecule has 0 fully saturated rings. The van der Waals surface area contributed by atoms with Crippen LogP contribution in [-0.4, -0.2) is 10.0 Å². The fourth-order valence-electron chi connectivity index (χ4n) is 1.39. The Morgan fingerprint density at radius 3 is 2.44 bits per heavy atom. The van der Waals surface area contributed by atoms with Crippen LogP contribution in [0.1, 0.15) is 17.4 Å². The molecule has 1 unspecified atom stereocenters. The summed E-state index contributed by atoms with van der Waals surface area (Å²) in [5.74, 6) is -0.206. The third-order valence-corrected chi connectivity index (χ3v) is 2.18. The Morgan fingerprint density at radius 1 is 1.19 bits per heavy atom. The number of furan rings is 1. The van der Waals surface area contributed by atoms with E-state index in [-0.39, 0.29) is 11.6 Å². The van der Waals surface area contributed by atoms with Gasteiger partial charge in [-0.05, 0) is 11.6 Å². The zero-order valence-corrected chi connectivity index (χ0v) is 8.24. The molecule has 1 N–H and O–H groups in total. The van der Waals surface area contributed by atoms with Gasteiger partial charge in [0.05, 0.1) is 6.07 Å². The second kappa shape index (κ2) is 4.16. The summed E-state index contributed by atoms with van der Waals surface area (Å²) in [6.45, 7) is 0. The van der Waals surface area contributed by atoms with Gasteiger partial charge in [0.2, 0.25) is 0 Å². The molecule has 0 radical (unpaired) electrons. The summed E-state index contributed by atoms with van der Waals surface area (Å²) in [4.78, 5) is 9.77. The summed E-state index contributed by atoms with van der Waals surface area (Å²) >= 11 is 0. The van der Waals surface area contributed by atoms with E-state index in [1.807, 2.05) is 6.07 Å². The first-order valence-corrected chi connectivity index (χ1v) is 4.65. The lowest BCUT2D eigenvalue weighted by molar-refractivity contribution is -0.402. The van der Waals surface area contributed by atoms with Gasteiger partial charge >= 0.3 is 5.88 Å². The molecule has 1 aromatic heterocycles. The van der Waals surface area contributed by atoms with E-state index in [2.05, 4.69) is 0 Å². The number of nitrogens with zero attached hydrogens (tertiary/aromatic N) is 1. The van der Waals surface area contributed by atoms with E-state index < -0.39 is 11.0 Å². The summed E-state index contributed by atoms with van der Waals surface area (Å²) in [7, 11) is 0. The molecule has 1 aromatic carbocycles. The molecule has 0 bridgehead atoms. The minimum atomic E-state index is -0.977. The molecule has 0 saturated heterocycles. The molecule has 0 saturated carbocycles. The van der Waals surface area contributed by atoms with Gasteiger partial charge in [-0.2, -0.15) is 0 Å². The number of rotatable bonds is 3. The van der Waals surface area contributed by atoms with E-state index in [1.165, 1.54) is 12.1 Å². The number of nitro groups is 1. The van der Waals surface area contributed by atoms with Gasteiger partial charge in [-0.1, -0.05) is 30.3 Å². The molecule has 0 amide bonds. The van der Waals surface area contributed by atoms with Gasteiger partial charge in [0.25, 0.3) is 0 Å². The highest BCUT2D eigenvalue weighted by molar-refractivity contribution is 5.27. The summed E-state index contributed by atoms with van der Waals surface area (Å²) in [6, 6.07) is 11.4. The van der Waals surface area contributed by atoms with Crippen molar-refractivity contribution in [3.8, 4) is 0 Å². The maximum atomic E-state index is 10.4. The minimum Gasteiger partial charge on any atom is -0.403 e. The molecule has 82 valence electrons. The van der Waals surface area contributed by atoms with Gasteiger partial charge in [0, 0.05) is 0 Å². The monoisotopic (exact) mass is 219 g/mol. The lowest BCUT2D eigenvalue weighted by Crippen LogP contribution is -1.97. The zero-order chi connectivity index (χ0) is 11.5. The van der Waals surface area contributed by atoms with Crippen molar-refractivity contribution in [2.45, 2.75) is 6.10 Å². The lowest BCUT2D eigenvalue weighted by Gasteiger charge is -2.06. The van der Waals surface area contributed by atoms with Crippen LogP contribution in [0.2, 0.25) is 0 Å². The van der Waals surface area contributed by atoms with E-state index >= 15 is 0 Å². The largest absolute Gasteiger partial charge is 0.433 e. The molecular weight excluding hydrogens is 210 g/mol. The van der Waals surface area contributed by atoms with Crippen molar-refractivity contribution in [3.05, 3.63) is 63.9 Å². The van der Waals surface area contributed by atoms with Crippen molar-refractivity contribution in [2.24, 2.45) is 0 Å². The van der Waals surface area contributed by atoms with Crippen LogP contribution in [0.25, 0.3) is 0 Å². The van der Waals surface area contributed by atoms with E-state index in [1.54, 1.807) is 24.3 Å². The first-order valence-electron chi connectivity index (χ1n) is 4.65. The van der Waals surface area contributed by atoms with Gasteiger partial charge in [-0.15, -0.1) is 0 Å². The molecule has 5 nitrogen and oxygen atoms in total. The van der Waals surface area contributed by atoms with E-state index in [0.717, 1.165) is 0 Å². The summed E-state index contributed by atoms with van der Waals surface area (Å²) < 4.78 is 4.91. The fourth-order valence-corrected chi connectivity index (χ4v) is 1.39. The van der Waals surface area contributed by atoms with Gasteiger partial charge in [0.1, 0.15) is 16.8 Å². The second-order valence-electron chi connectivity index (χ2n) is 3.25. The highest BCUT2D eigenvalue weighted by atomic mass is 16.6. The average Bonchev–Trinajstić information content (AvgIpc) is 2.78. The molecule has 0 aliphatic rings. The maximum absolute atomic E-state index is 10.4. The predicted molar refractivity (Wildman–Crippen MR) is 55.9 cm³/mol. The third-order valence-electron chi connectivity index (χ3n) is 2.18. The lowest BCUT2D eigenvalue weighted by atomic mass is 10.1. The van der Waals surface area contributed by atoms with Crippen molar-refractivity contribution in [1.82, 2.24) is 0 Å². The van der Waals surface area contributed by atoms with Crippen LogP contribution >= 0.6 is 0 Å². The zero-order valence-electron chi connectivity index (χ0n) is 8.24. The van der Waals surface area contributed by atoms with Crippen molar-refractivity contribution < 1.29 is 14.4 Å². The molecule has 16 heavy (non-hydrogen) atoms. The highest BCUT2D eigenvalue weighted by Gasteiger charge is 2.18. The van der Waals surface area contributed by atoms with Crippen molar-refractivity contribution >= 4 is 5.88 Å². The molecule has 0 aliphatic heterocycles. The third kappa shape index (κ3) is 1.94. The molecule has 0 aliphatic carbocycles. The predicted octanol–water partition coefficient (Wildman–Crippen LogP) is 2.27. The van der Waals surface area contributed by atoms with E-state index in [4.69, 9.17) is 4.42 Å². The van der Waals surface area contributed by atoms with Gasteiger partial charge in [0.15, 0.2) is 0 Å². The first-order chi connectivity index (χ1) is 7.68. The summed E-state index contributed by atoms with van der Waals surface area (Å²) in [6.07, 6.45) is -0.977. The van der Waals surface area contributed by atoms with Crippen LogP contribution in [0, 0.1) is 10.1 Å². The van der Waals surface area contributed by atoms with Crippen LogP contribution in [-0.2, 0) is 0 Å². The highest BCUT2D eigenvalue weighted by Crippen LogP contribution is 2.26. The van der Waals surface area contributed by atoms with Gasteiger partial charge in [-0.25, -0.2) is 0 Å². The summed E-state index contributed by atoms with van der Waals surface area (Å²) in [5, 5.41) is 20.3. The minimum absolute atomic E-state index is 0.165. The standard InChI is InChI=1S/C11H9NO4/c13-11(8-4-2-1-3-5-8)9-6-7-10(16-9)12(14)15/h1-7,11,13H. The van der Waals surface area contributed by atoms with Gasteiger partial charge in [-0.3, -0.25) is 10.1 Å². The van der Waals surface area contributed by atoms with Gasteiger partial charge < -0.3 is 9.52 Å². The molecule has 1 heterocycles. The molecule has 1 atom stereocenters. The maximum Gasteiger partial charge on any atom is 0.433 e. The SMILES string of the molecule is O=[N+]([O-])c1ccc(C(O)c2ccccc2)o1. The van der Waals surface area contributed by atoms with Crippen molar-refractivity contribution in [2.75, 3.05) is 0 Å². The Kier molecular flexibility index (Phi) is 2.70. The first kappa shape index (κ1) is 10.4. The average molecular weight is 219 g/mol. The second-order valence-corrected chi connectivity index (χ2v) is 3.25. The number of aliphatic hydroxyl groups excluding tert-OH is 1. The molecule has 5 heteroatoms. The topological polar surface area (TPSA) is 76.5 Å². The number of hydrogen-bond donors (Lipinski definition) is 1. The molecule has 2 aromatic rings. The number of hydrogen-bond acceptors (Lipinski definition) is 4. The Balaban J connectivity index is 2.27. The smallest absolute Gasteiger partial charge is 0.403 e. The van der Waals surface area contributed by atoms with Crippen LogP contribution in [0.4, 0.5) is 5.88 Å². The number of aliphatic hydroxyl groups is 1. The quantitative estimate of drug-likeness (QED) is 0.634. The van der Waals surface area contributed by atoms with Crippen LogP contribution in [0.5, 0.6) is 0 Å². The Morgan fingerprint density at radius 2 is 1.88 bits per heavy atom. The Labute approximate surface area is 91.1 Å². The fraction of sp³-hybridized carbons (Fsp3) is 0.0909. The summed E-state index contributed by atoms with van der Waals surface area (Å²) in [5.41, 5.74) is 0.631. The Bertz CT molecular complexity index is 492. The number of benzene rings is 1. The van der Waals surface area contributed by atoms with Crippen LogP contribution < -0.4 is 0 Å². The molecule has 2 rings (SSSR count). The molecule has 0 spiro atoms. The van der Waals surface area contributed by atoms with Crippen molar-refractivity contribution in [3.63, 3.8) is 0 Å². The van der Waals surface area contributed by atoms with Crippen LogP contribution in [0.3, 0.4) is 0 Å². The normalized spacial score (nSPS) is 12.3. The Hall–Kier alpha value is -2.14. The molecular formula is C11H9NO4. The van der Waals surface area contributed by atoms with Crippen LogP contribution in [0.15, 0.2) is 46.9 Å². The van der Waals surface area contributed by atoms with E-state index in [0.29, 0.717) is 5.56 Å².